The van der Waals surface area contributed by atoms with Crippen LogP contribution in [0.15, 0.2) is 24.3 Å². The lowest BCUT2D eigenvalue weighted by atomic mass is 10.0. The Kier molecular flexibility index (Phi) is 72.3. The summed E-state index contributed by atoms with van der Waals surface area (Å²) in [6, 6.07) is -0.629. The summed E-state index contributed by atoms with van der Waals surface area (Å²) in [6.07, 6.45) is 94.3. The summed E-state index contributed by atoms with van der Waals surface area (Å²) in [7, 11) is 0. The number of carbonyl (C=O) groups excluding carboxylic acids is 2. The lowest BCUT2D eigenvalue weighted by molar-refractivity contribution is -0.143. The zero-order chi connectivity index (χ0) is 60.6. The standard InChI is InChI=1S/C78H151NO5/c1-3-5-7-9-11-13-15-17-19-21-23-35-38-42-46-50-54-58-62-66-70-76(81)75(74-80)79-77(82)71-67-63-59-55-51-47-43-39-36-32-30-28-26-24-25-27-29-31-33-37-41-45-49-53-57-61-65-69-73-84-78(83)72-68-64-60-56-52-48-44-40-34-22-20-18-16-14-12-10-8-6-4-2/h24-25,66,70,75-76,80-81H,3-23,26-65,67-69,71-74H2,1-2H3,(H,79,82)/b25-24-,70-66+. The van der Waals surface area contributed by atoms with E-state index in [1.807, 2.05) is 6.08 Å². The quantitative estimate of drug-likeness (QED) is 0.0320. The minimum atomic E-state index is -0.845. The van der Waals surface area contributed by atoms with Gasteiger partial charge in [-0.15, -0.1) is 0 Å². The summed E-state index contributed by atoms with van der Waals surface area (Å²) in [5, 5.41) is 23.3. The first-order chi connectivity index (χ1) is 41.5. The molecule has 6 heteroatoms. The molecule has 1 amide bonds. The second kappa shape index (κ2) is 73.8. The fourth-order valence-corrected chi connectivity index (χ4v) is 12.3. The Morgan fingerprint density at radius 3 is 0.845 bits per heavy atom. The minimum absolute atomic E-state index is 0.0213. The topological polar surface area (TPSA) is 95.9 Å². The fourth-order valence-electron chi connectivity index (χ4n) is 12.3. The normalized spacial score (nSPS) is 12.6. The van der Waals surface area contributed by atoms with Gasteiger partial charge >= 0.3 is 5.97 Å². The Labute approximate surface area is 526 Å². The molecule has 84 heavy (non-hydrogen) atoms. The molecule has 0 fully saturated rings. The zero-order valence-corrected chi connectivity index (χ0v) is 57.2. The molecule has 0 rings (SSSR count). The first-order valence-electron chi connectivity index (χ1n) is 38.6. The number of nitrogens with one attached hydrogen (secondary N) is 1. The average molecular weight is 1180 g/mol. The smallest absolute Gasteiger partial charge is 0.305 e. The van der Waals surface area contributed by atoms with E-state index in [9.17, 15) is 19.8 Å². The lowest BCUT2D eigenvalue weighted by Crippen LogP contribution is -2.45. The van der Waals surface area contributed by atoms with Crippen LogP contribution in [0.3, 0.4) is 0 Å². The van der Waals surface area contributed by atoms with E-state index in [1.165, 1.54) is 372 Å². The van der Waals surface area contributed by atoms with Crippen molar-refractivity contribution in [1.29, 1.82) is 0 Å². The summed E-state index contributed by atoms with van der Waals surface area (Å²) in [6.45, 7) is 4.96. The molecule has 0 bridgehead atoms. The molecule has 0 saturated heterocycles. The molecule has 0 aromatic rings. The van der Waals surface area contributed by atoms with E-state index in [0.717, 1.165) is 38.5 Å². The molecule has 0 aliphatic rings. The van der Waals surface area contributed by atoms with Crippen molar-refractivity contribution in [2.24, 2.45) is 0 Å². The van der Waals surface area contributed by atoms with Gasteiger partial charge in [0, 0.05) is 12.8 Å². The van der Waals surface area contributed by atoms with Crippen molar-refractivity contribution in [3.63, 3.8) is 0 Å². The molecular weight excluding hydrogens is 1030 g/mol. The van der Waals surface area contributed by atoms with Crippen molar-refractivity contribution >= 4 is 11.9 Å². The number of rotatable bonds is 73. The largest absolute Gasteiger partial charge is 0.466 e. The molecule has 0 spiro atoms. The van der Waals surface area contributed by atoms with Gasteiger partial charge in [0.05, 0.1) is 25.4 Å². The van der Waals surface area contributed by atoms with Crippen molar-refractivity contribution < 1.29 is 24.5 Å². The van der Waals surface area contributed by atoms with Gasteiger partial charge in [0.1, 0.15) is 0 Å². The molecule has 2 unspecified atom stereocenters. The van der Waals surface area contributed by atoms with Gasteiger partial charge in [0.15, 0.2) is 0 Å². The Balaban J connectivity index is 3.38. The molecule has 0 aliphatic heterocycles. The number of allylic oxidation sites excluding steroid dienone is 3. The molecule has 0 radical (unpaired) electrons. The highest BCUT2D eigenvalue weighted by Gasteiger charge is 2.18. The second-order valence-corrected chi connectivity index (χ2v) is 26.7. The van der Waals surface area contributed by atoms with Crippen LogP contribution in [0, 0.1) is 0 Å². The van der Waals surface area contributed by atoms with Crippen molar-refractivity contribution in [2.75, 3.05) is 13.2 Å². The first-order valence-corrected chi connectivity index (χ1v) is 38.6. The molecule has 3 N–H and O–H groups in total. The summed E-state index contributed by atoms with van der Waals surface area (Å²) >= 11 is 0. The van der Waals surface area contributed by atoms with Gasteiger partial charge in [0.25, 0.3) is 0 Å². The molecule has 498 valence electrons. The lowest BCUT2D eigenvalue weighted by Gasteiger charge is -2.20. The fraction of sp³-hybridized carbons (Fsp3) is 0.923. The van der Waals surface area contributed by atoms with Crippen LogP contribution in [0.4, 0.5) is 0 Å². The molecule has 6 nitrogen and oxygen atoms in total. The van der Waals surface area contributed by atoms with E-state index in [1.54, 1.807) is 6.08 Å². The monoisotopic (exact) mass is 1180 g/mol. The van der Waals surface area contributed by atoms with E-state index in [2.05, 4.69) is 31.3 Å². The third-order valence-electron chi connectivity index (χ3n) is 18.2. The summed E-state index contributed by atoms with van der Waals surface area (Å²) in [5.41, 5.74) is 0. The van der Waals surface area contributed by atoms with Crippen LogP contribution < -0.4 is 5.32 Å². The summed E-state index contributed by atoms with van der Waals surface area (Å²) < 4.78 is 5.52. The number of aliphatic hydroxyl groups is 2. The van der Waals surface area contributed by atoms with E-state index < -0.39 is 12.1 Å². The highest BCUT2D eigenvalue weighted by atomic mass is 16.5. The number of unbranched alkanes of at least 4 members (excludes halogenated alkanes) is 60. The van der Waals surface area contributed by atoms with E-state index >= 15 is 0 Å². The van der Waals surface area contributed by atoms with Crippen LogP contribution in [-0.2, 0) is 14.3 Å². The minimum Gasteiger partial charge on any atom is -0.466 e. The van der Waals surface area contributed by atoms with Crippen LogP contribution in [0.25, 0.3) is 0 Å². The third-order valence-corrected chi connectivity index (χ3v) is 18.2. The number of amides is 1. The average Bonchev–Trinajstić information content (AvgIpc) is 3.51. The first kappa shape index (κ1) is 82.3. The van der Waals surface area contributed by atoms with Crippen molar-refractivity contribution in [2.45, 2.75) is 450 Å². The van der Waals surface area contributed by atoms with Gasteiger partial charge in [-0.05, 0) is 57.8 Å². The predicted octanol–water partition coefficient (Wildman–Crippen LogP) is 25.3. The number of hydrogen-bond acceptors (Lipinski definition) is 5. The Morgan fingerprint density at radius 1 is 0.321 bits per heavy atom. The highest BCUT2D eigenvalue weighted by Crippen LogP contribution is 2.19. The molecule has 2 atom stereocenters. The molecule has 0 aromatic heterocycles. The number of carbonyl (C=O) groups is 2. The molecule has 0 heterocycles. The van der Waals surface area contributed by atoms with Gasteiger partial charge in [-0.25, -0.2) is 0 Å². The molecule has 0 aromatic carbocycles. The van der Waals surface area contributed by atoms with Crippen LogP contribution >= 0.6 is 0 Å². The maximum absolute atomic E-state index is 12.5. The van der Waals surface area contributed by atoms with Crippen LogP contribution in [-0.4, -0.2) is 47.4 Å². The number of hydrogen-bond donors (Lipinski definition) is 3. The number of ether oxygens (including phenoxy) is 1. The zero-order valence-electron chi connectivity index (χ0n) is 57.2. The molecular formula is C78H151NO5. The second-order valence-electron chi connectivity index (χ2n) is 26.7. The van der Waals surface area contributed by atoms with Gasteiger partial charge in [-0.1, -0.05) is 391 Å². The van der Waals surface area contributed by atoms with Gasteiger partial charge in [-0.3, -0.25) is 9.59 Å². The summed E-state index contributed by atoms with van der Waals surface area (Å²) in [4.78, 5) is 24.7. The van der Waals surface area contributed by atoms with Crippen LogP contribution in [0.1, 0.15) is 438 Å². The van der Waals surface area contributed by atoms with Crippen molar-refractivity contribution in [3.8, 4) is 0 Å². The molecule has 0 saturated carbocycles. The maximum atomic E-state index is 12.5. The highest BCUT2D eigenvalue weighted by molar-refractivity contribution is 5.76. The Morgan fingerprint density at radius 2 is 0.560 bits per heavy atom. The maximum Gasteiger partial charge on any atom is 0.305 e. The van der Waals surface area contributed by atoms with E-state index in [-0.39, 0.29) is 18.5 Å². The Hall–Kier alpha value is -1.66. The summed E-state index contributed by atoms with van der Waals surface area (Å²) in [5.74, 6) is -0.0422. The molecule has 0 aliphatic carbocycles. The van der Waals surface area contributed by atoms with Crippen LogP contribution in [0.2, 0.25) is 0 Å². The third kappa shape index (κ3) is 69.4. The Bertz CT molecular complexity index is 1320. The number of esters is 1. The van der Waals surface area contributed by atoms with Crippen molar-refractivity contribution in [1.82, 2.24) is 5.32 Å². The SMILES string of the molecule is CCCCCCCCCCCCCCCCCCCC/C=C/C(O)C(CO)NC(=O)CCCCCCCCCCCCCC/C=C\CCCCCCCCCCCCCCOC(=O)CCCCCCCCCCCCCCCCCCCCC. The van der Waals surface area contributed by atoms with Gasteiger partial charge < -0.3 is 20.3 Å². The van der Waals surface area contributed by atoms with Gasteiger partial charge in [-0.2, -0.15) is 0 Å². The van der Waals surface area contributed by atoms with Crippen LogP contribution in [0.5, 0.6) is 0 Å². The van der Waals surface area contributed by atoms with Gasteiger partial charge in [0.2, 0.25) is 5.91 Å². The van der Waals surface area contributed by atoms with E-state index in [4.69, 9.17) is 4.74 Å². The van der Waals surface area contributed by atoms with E-state index in [0.29, 0.717) is 19.4 Å². The predicted molar refractivity (Wildman–Crippen MR) is 370 cm³/mol. The number of aliphatic hydroxyl groups excluding tert-OH is 2. The van der Waals surface area contributed by atoms with Crippen molar-refractivity contribution in [3.05, 3.63) is 24.3 Å².